The van der Waals surface area contributed by atoms with Gasteiger partial charge in [0, 0.05) is 12.6 Å². The lowest BCUT2D eigenvalue weighted by Crippen LogP contribution is -2.40. The van der Waals surface area contributed by atoms with Gasteiger partial charge in [-0.05, 0) is 26.2 Å². The first kappa shape index (κ1) is 11.9. The molecule has 0 amide bonds. The SMILES string of the molecule is CCCN(C1CC1)S(=O)(=O)C(C)CO. The van der Waals surface area contributed by atoms with E-state index >= 15 is 0 Å². The van der Waals surface area contributed by atoms with Crippen LogP contribution in [-0.2, 0) is 10.0 Å². The molecule has 0 saturated heterocycles. The summed E-state index contributed by atoms with van der Waals surface area (Å²) in [7, 11) is -3.27. The standard InChI is InChI=1S/C9H19NO3S/c1-3-6-10(9-4-5-9)14(12,13)8(2)7-11/h8-9,11H,3-7H2,1-2H3. The Labute approximate surface area is 86.0 Å². The van der Waals surface area contributed by atoms with Crippen LogP contribution >= 0.6 is 0 Å². The number of rotatable bonds is 6. The van der Waals surface area contributed by atoms with Crippen LogP contribution in [-0.4, -0.2) is 42.3 Å². The van der Waals surface area contributed by atoms with E-state index in [2.05, 4.69) is 0 Å². The van der Waals surface area contributed by atoms with Crippen LogP contribution in [0.4, 0.5) is 0 Å². The molecule has 1 fully saturated rings. The molecule has 1 rings (SSSR count). The molecule has 0 aromatic rings. The van der Waals surface area contributed by atoms with Gasteiger partial charge < -0.3 is 5.11 Å². The number of hydrogen-bond acceptors (Lipinski definition) is 3. The predicted molar refractivity (Wildman–Crippen MR) is 55.5 cm³/mol. The summed E-state index contributed by atoms with van der Waals surface area (Å²) in [6.07, 6.45) is 2.77. The molecular formula is C9H19NO3S. The maximum atomic E-state index is 11.9. The number of aliphatic hydroxyl groups is 1. The molecular weight excluding hydrogens is 202 g/mol. The van der Waals surface area contributed by atoms with E-state index < -0.39 is 15.3 Å². The molecule has 1 N–H and O–H groups in total. The molecule has 0 heterocycles. The van der Waals surface area contributed by atoms with Crippen molar-refractivity contribution in [2.75, 3.05) is 13.2 Å². The van der Waals surface area contributed by atoms with E-state index in [1.807, 2.05) is 6.92 Å². The van der Waals surface area contributed by atoms with Crippen molar-refractivity contribution in [2.24, 2.45) is 0 Å². The summed E-state index contributed by atoms with van der Waals surface area (Å²) in [5.74, 6) is 0. The van der Waals surface area contributed by atoms with E-state index in [1.165, 1.54) is 0 Å². The molecule has 0 aromatic carbocycles. The molecule has 4 nitrogen and oxygen atoms in total. The Hall–Kier alpha value is -0.130. The molecule has 0 aliphatic heterocycles. The molecule has 0 bridgehead atoms. The van der Waals surface area contributed by atoms with Crippen LogP contribution in [0.2, 0.25) is 0 Å². The minimum absolute atomic E-state index is 0.203. The molecule has 14 heavy (non-hydrogen) atoms. The van der Waals surface area contributed by atoms with Gasteiger partial charge >= 0.3 is 0 Å². The Morgan fingerprint density at radius 3 is 2.43 bits per heavy atom. The first-order valence-corrected chi connectivity index (χ1v) is 6.65. The molecule has 84 valence electrons. The lowest BCUT2D eigenvalue weighted by Gasteiger charge is -2.24. The van der Waals surface area contributed by atoms with Crippen LogP contribution in [0.3, 0.4) is 0 Å². The number of aliphatic hydroxyl groups excluding tert-OH is 1. The zero-order valence-electron chi connectivity index (χ0n) is 8.81. The maximum absolute atomic E-state index is 11.9. The first-order valence-electron chi connectivity index (χ1n) is 5.15. The quantitative estimate of drug-likeness (QED) is 0.713. The lowest BCUT2D eigenvalue weighted by atomic mass is 10.5. The highest BCUT2D eigenvalue weighted by Gasteiger charge is 2.38. The van der Waals surface area contributed by atoms with Crippen molar-refractivity contribution in [2.45, 2.75) is 44.4 Å². The van der Waals surface area contributed by atoms with E-state index in [-0.39, 0.29) is 12.6 Å². The molecule has 5 heteroatoms. The Kier molecular flexibility index (Phi) is 3.92. The summed E-state index contributed by atoms with van der Waals surface area (Å²) in [5, 5.41) is 8.21. The molecule has 0 radical (unpaired) electrons. The molecule has 1 aliphatic rings. The van der Waals surface area contributed by atoms with Crippen molar-refractivity contribution < 1.29 is 13.5 Å². The zero-order chi connectivity index (χ0) is 10.8. The fourth-order valence-electron chi connectivity index (χ4n) is 1.43. The minimum atomic E-state index is -3.27. The van der Waals surface area contributed by atoms with E-state index in [1.54, 1.807) is 11.2 Å². The van der Waals surface area contributed by atoms with Crippen molar-refractivity contribution in [1.29, 1.82) is 0 Å². The number of hydrogen-bond donors (Lipinski definition) is 1. The second-order valence-electron chi connectivity index (χ2n) is 3.88. The largest absolute Gasteiger partial charge is 0.395 e. The van der Waals surface area contributed by atoms with E-state index in [4.69, 9.17) is 5.11 Å². The third-order valence-corrected chi connectivity index (χ3v) is 4.79. The minimum Gasteiger partial charge on any atom is -0.395 e. The average molecular weight is 221 g/mol. The second-order valence-corrected chi connectivity index (χ2v) is 6.18. The van der Waals surface area contributed by atoms with Crippen LogP contribution in [0.15, 0.2) is 0 Å². The summed E-state index contributed by atoms with van der Waals surface area (Å²) in [4.78, 5) is 0. The summed E-state index contributed by atoms with van der Waals surface area (Å²) < 4.78 is 25.4. The van der Waals surface area contributed by atoms with E-state index in [9.17, 15) is 8.42 Å². The van der Waals surface area contributed by atoms with Crippen molar-refractivity contribution in [1.82, 2.24) is 4.31 Å². The molecule has 1 atom stereocenters. The third kappa shape index (κ3) is 2.46. The van der Waals surface area contributed by atoms with Crippen molar-refractivity contribution in [3.05, 3.63) is 0 Å². The molecule has 1 unspecified atom stereocenters. The van der Waals surface area contributed by atoms with Crippen LogP contribution in [0.1, 0.15) is 33.1 Å². The fraction of sp³-hybridized carbons (Fsp3) is 1.00. The van der Waals surface area contributed by atoms with Gasteiger partial charge in [0.2, 0.25) is 10.0 Å². The lowest BCUT2D eigenvalue weighted by molar-refractivity contribution is 0.287. The number of sulfonamides is 1. The summed E-state index contributed by atoms with van der Waals surface area (Å²) in [5.41, 5.74) is 0. The first-order chi connectivity index (χ1) is 6.54. The van der Waals surface area contributed by atoms with Crippen molar-refractivity contribution in [3.63, 3.8) is 0 Å². The van der Waals surface area contributed by atoms with Gasteiger partial charge in [0.1, 0.15) is 0 Å². The normalized spacial score (nSPS) is 20.0. The van der Waals surface area contributed by atoms with Crippen molar-refractivity contribution in [3.8, 4) is 0 Å². The molecule has 1 saturated carbocycles. The zero-order valence-corrected chi connectivity index (χ0v) is 9.63. The molecule has 0 spiro atoms. The summed E-state index contributed by atoms with van der Waals surface area (Å²) in [6, 6.07) is 0.203. The topological polar surface area (TPSA) is 57.6 Å². The predicted octanol–water partition coefficient (Wildman–Crippen LogP) is 0.571. The van der Waals surface area contributed by atoms with Crippen molar-refractivity contribution >= 4 is 10.0 Å². The monoisotopic (exact) mass is 221 g/mol. The van der Waals surface area contributed by atoms with Gasteiger partial charge in [-0.25, -0.2) is 8.42 Å². The van der Waals surface area contributed by atoms with Gasteiger partial charge in [-0.15, -0.1) is 0 Å². The highest BCUT2D eigenvalue weighted by Crippen LogP contribution is 2.30. The Balaban J connectivity index is 2.75. The van der Waals surface area contributed by atoms with Crippen LogP contribution in [0.25, 0.3) is 0 Å². The Bertz CT molecular complexity index is 272. The van der Waals surface area contributed by atoms with Gasteiger partial charge in [0.25, 0.3) is 0 Å². The fourth-order valence-corrected chi connectivity index (χ4v) is 3.14. The molecule has 0 aromatic heterocycles. The highest BCUT2D eigenvalue weighted by molar-refractivity contribution is 7.89. The average Bonchev–Trinajstić information content (AvgIpc) is 2.95. The Morgan fingerprint density at radius 1 is 1.50 bits per heavy atom. The number of nitrogens with zero attached hydrogens (tertiary/aromatic N) is 1. The Morgan fingerprint density at radius 2 is 2.07 bits per heavy atom. The molecule has 1 aliphatic carbocycles. The van der Waals surface area contributed by atoms with Gasteiger partial charge in [-0.3, -0.25) is 0 Å². The summed E-state index contributed by atoms with van der Waals surface area (Å²) in [6.45, 7) is 3.81. The van der Waals surface area contributed by atoms with Gasteiger partial charge in [0.05, 0.1) is 11.9 Å². The maximum Gasteiger partial charge on any atom is 0.219 e. The van der Waals surface area contributed by atoms with Crippen LogP contribution < -0.4 is 0 Å². The smallest absolute Gasteiger partial charge is 0.219 e. The third-order valence-electron chi connectivity index (χ3n) is 2.49. The van der Waals surface area contributed by atoms with Crippen LogP contribution in [0, 0.1) is 0 Å². The second kappa shape index (κ2) is 4.59. The van der Waals surface area contributed by atoms with Gasteiger partial charge in [0.15, 0.2) is 0 Å². The summed E-state index contributed by atoms with van der Waals surface area (Å²) >= 11 is 0. The van der Waals surface area contributed by atoms with Crippen LogP contribution in [0.5, 0.6) is 0 Å². The van der Waals surface area contributed by atoms with Gasteiger partial charge in [-0.2, -0.15) is 4.31 Å². The van der Waals surface area contributed by atoms with E-state index in [0.717, 1.165) is 19.3 Å². The highest BCUT2D eigenvalue weighted by atomic mass is 32.2. The van der Waals surface area contributed by atoms with E-state index in [0.29, 0.717) is 6.54 Å². The van der Waals surface area contributed by atoms with Gasteiger partial charge in [-0.1, -0.05) is 6.92 Å².